The molecule has 3 aromatic rings. The lowest BCUT2D eigenvalue weighted by atomic mass is 9.84. The molecule has 0 fully saturated rings. The molecule has 4 rings (SSSR count). The molecule has 1 aliphatic carbocycles. The number of alkyl halides is 3. The van der Waals surface area contributed by atoms with E-state index in [1.165, 1.54) is 6.07 Å². The minimum Gasteiger partial charge on any atom is -0.205 e. The van der Waals surface area contributed by atoms with Crippen molar-refractivity contribution in [1.29, 1.82) is 0 Å². The second kappa shape index (κ2) is 7.14. The van der Waals surface area contributed by atoms with Crippen LogP contribution in [-0.4, -0.2) is 0 Å². The summed E-state index contributed by atoms with van der Waals surface area (Å²) >= 11 is 0.755. The Hall–Kier alpha value is -1.95. The van der Waals surface area contributed by atoms with E-state index < -0.39 is 23.4 Å². The molecule has 0 aliphatic heterocycles. The van der Waals surface area contributed by atoms with Gasteiger partial charge in [0.25, 0.3) is 0 Å². The highest BCUT2D eigenvalue weighted by Crippen LogP contribution is 2.43. The van der Waals surface area contributed by atoms with Crippen LogP contribution >= 0.6 is 11.3 Å². The van der Waals surface area contributed by atoms with Crippen LogP contribution in [0.3, 0.4) is 0 Å². The molecule has 0 amide bonds. The number of hydrogen-bond donors (Lipinski definition) is 0. The molecule has 0 spiro atoms. The van der Waals surface area contributed by atoms with E-state index in [0.29, 0.717) is 22.3 Å². The first-order chi connectivity index (χ1) is 13.3. The lowest BCUT2D eigenvalue weighted by molar-refractivity contribution is -0.139. The van der Waals surface area contributed by atoms with Crippen molar-refractivity contribution in [3.63, 3.8) is 0 Å². The number of thiophene rings is 1. The number of halogens is 5. The summed E-state index contributed by atoms with van der Waals surface area (Å²) in [5.41, 5.74) is 0.0928. The molecule has 148 valence electrons. The van der Waals surface area contributed by atoms with Crippen molar-refractivity contribution in [3.8, 4) is 0 Å². The Morgan fingerprint density at radius 2 is 1.68 bits per heavy atom. The van der Waals surface area contributed by atoms with Gasteiger partial charge in [0.15, 0.2) is 5.82 Å². The number of allylic oxidation sites excluding steroid dienone is 2. The Kier molecular flexibility index (Phi) is 4.94. The van der Waals surface area contributed by atoms with Gasteiger partial charge in [-0.05, 0) is 36.8 Å². The summed E-state index contributed by atoms with van der Waals surface area (Å²) in [4.78, 5) is 0. The third kappa shape index (κ3) is 3.21. The van der Waals surface area contributed by atoms with Crippen LogP contribution in [0, 0.1) is 17.6 Å². The van der Waals surface area contributed by atoms with Crippen molar-refractivity contribution in [2.45, 2.75) is 45.2 Å². The maximum Gasteiger partial charge on any atom is 0.419 e. The lowest BCUT2D eigenvalue weighted by Crippen LogP contribution is -2.07. The fraction of sp³-hybridized carbons (Fsp3) is 0.364. The molecule has 1 heterocycles. The number of fused-ring (bicyclic) bond motifs is 3. The van der Waals surface area contributed by atoms with E-state index in [1.807, 2.05) is 0 Å². The Bertz CT molecular complexity index is 1070. The van der Waals surface area contributed by atoms with Gasteiger partial charge in [0, 0.05) is 16.3 Å². The third-order valence-electron chi connectivity index (χ3n) is 5.56. The van der Waals surface area contributed by atoms with Gasteiger partial charge in [0.1, 0.15) is 5.82 Å². The van der Waals surface area contributed by atoms with Crippen LogP contribution in [0.4, 0.5) is 22.0 Å². The summed E-state index contributed by atoms with van der Waals surface area (Å²) in [6.45, 7) is 2.15. The molecule has 0 N–H and O–H groups in total. The minimum atomic E-state index is -4.78. The predicted octanol–water partition coefficient (Wildman–Crippen LogP) is 8.34. The van der Waals surface area contributed by atoms with Crippen LogP contribution < -0.4 is 0 Å². The summed E-state index contributed by atoms with van der Waals surface area (Å²) < 4.78 is 68.7. The Morgan fingerprint density at radius 3 is 2.29 bits per heavy atom. The van der Waals surface area contributed by atoms with Gasteiger partial charge in [0.05, 0.1) is 15.0 Å². The topological polar surface area (TPSA) is 0 Å². The molecule has 0 bridgehead atoms. The zero-order chi connectivity index (χ0) is 20.1. The minimum absolute atomic E-state index is 0.151. The standard InChI is InChI=1S/C22H19F5S/c1-2-3-12-4-6-13(7-5-12)14-8-9-15-16-10-11-17(22(25,26)27)19(24)21(16)28-20(15)18(14)23/h6,8-12H,2-5,7H2,1H3. The Balaban J connectivity index is 1.82. The summed E-state index contributed by atoms with van der Waals surface area (Å²) in [5.74, 6) is -1.17. The molecule has 0 radical (unpaired) electrons. The van der Waals surface area contributed by atoms with Crippen molar-refractivity contribution in [2.24, 2.45) is 5.92 Å². The highest BCUT2D eigenvalue weighted by atomic mass is 32.1. The van der Waals surface area contributed by atoms with Crippen LogP contribution in [0.2, 0.25) is 0 Å². The van der Waals surface area contributed by atoms with E-state index >= 15 is 4.39 Å². The third-order valence-corrected chi connectivity index (χ3v) is 6.76. The smallest absolute Gasteiger partial charge is 0.205 e. The maximum absolute atomic E-state index is 15.2. The SMILES string of the molecule is CCCC1CC=C(c2ccc3c(sc4c(F)c(C(F)(F)F)ccc43)c2F)CC1. The van der Waals surface area contributed by atoms with Gasteiger partial charge < -0.3 is 0 Å². The fourth-order valence-corrected chi connectivity index (χ4v) is 5.29. The van der Waals surface area contributed by atoms with Crippen LogP contribution in [-0.2, 0) is 6.18 Å². The van der Waals surface area contributed by atoms with Gasteiger partial charge >= 0.3 is 6.18 Å². The van der Waals surface area contributed by atoms with Crippen LogP contribution in [0.15, 0.2) is 30.3 Å². The van der Waals surface area contributed by atoms with E-state index in [-0.39, 0.29) is 9.40 Å². The molecule has 0 nitrogen and oxygen atoms in total. The highest BCUT2D eigenvalue weighted by Gasteiger charge is 2.35. The molecule has 0 saturated heterocycles. The van der Waals surface area contributed by atoms with Crippen molar-refractivity contribution in [3.05, 3.63) is 53.1 Å². The van der Waals surface area contributed by atoms with Crippen molar-refractivity contribution >= 4 is 37.1 Å². The van der Waals surface area contributed by atoms with Gasteiger partial charge in [-0.25, -0.2) is 8.78 Å². The molecule has 1 atom stereocenters. The molecule has 1 unspecified atom stereocenters. The number of hydrogen-bond acceptors (Lipinski definition) is 1. The van der Waals surface area contributed by atoms with Gasteiger partial charge in [-0.15, -0.1) is 11.3 Å². The molecular weight excluding hydrogens is 391 g/mol. The van der Waals surface area contributed by atoms with E-state index in [0.717, 1.165) is 55.1 Å². The molecule has 1 aliphatic rings. The van der Waals surface area contributed by atoms with Crippen LogP contribution in [0.1, 0.15) is 50.2 Å². The van der Waals surface area contributed by atoms with E-state index in [4.69, 9.17) is 0 Å². The van der Waals surface area contributed by atoms with Gasteiger partial charge in [0.2, 0.25) is 0 Å². The predicted molar refractivity (Wildman–Crippen MR) is 104 cm³/mol. The summed E-state index contributed by atoms with van der Waals surface area (Å²) in [5, 5.41) is 0.769. The van der Waals surface area contributed by atoms with E-state index in [1.54, 1.807) is 12.1 Å². The Morgan fingerprint density at radius 1 is 1.00 bits per heavy atom. The normalized spacial score (nSPS) is 18.1. The molecule has 6 heteroatoms. The zero-order valence-electron chi connectivity index (χ0n) is 15.3. The molecule has 28 heavy (non-hydrogen) atoms. The van der Waals surface area contributed by atoms with Gasteiger partial charge in [-0.1, -0.05) is 44.0 Å². The molecule has 2 aromatic carbocycles. The first kappa shape index (κ1) is 19.4. The van der Waals surface area contributed by atoms with Gasteiger partial charge in [-0.2, -0.15) is 13.2 Å². The quantitative estimate of drug-likeness (QED) is 0.381. The number of rotatable bonds is 3. The van der Waals surface area contributed by atoms with E-state index in [2.05, 4.69) is 13.0 Å². The molecule has 0 saturated carbocycles. The van der Waals surface area contributed by atoms with Crippen molar-refractivity contribution < 1.29 is 22.0 Å². The number of benzene rings is 2. The lowest BCUT2D eigenvalue weighted by Gasteiger charge is -2.22. The van der Waals surface area contributed by atoms with Crippen molar-refractivity contribution in [2.75, 3.05) is 0 Å². The molecule has 1 aromatic heterocycles. The average Bonchev–Trinajstić information content (AvgIpc) is 3.03. The average molecular weight is 410 g/mol. The second-order valence-electron chi connectivity index (χ2n) is 7.37. The van der Waals surface area contributed by atoms with E-state index in [9.17, 15) is 17.6 Å². The summed E-state index contributed by atoms with van der Waals surface area (Å²) in [7, 11) is 0. The monoisotopic (exact) mass is 410 g/mol. The first-order valence-electron chi connectivity index (χ1n) is 9.41. The maximum atomic E-state index is 15.2. The van der Waals surface area contributed by atoms with Gasteiger partial charge in [-0.3, -0.25) is 0 Å². The Labute approximate surface area is 163 Å². The summed E-state index contributed by atoms with van der Waals surface area (Å²) in [6, 6.07) is 5.32. The van der Waals surface area contributed by atoms with Crippen LogP contribution in [0.25, 0.3) is 25.7 Å². The zero-order valence-corrected chi connectivity index (χ0v) is 16.1. The van der Waals surface area contributed by atoms with Crippen molar-refractivity contribution in [1.82, 2.24) is 0 Å². The molecular formula is C22H19F5S. The van der Waals surface area contributed by atoms with Crippen LogP contribution in [0.5, 0.6) is 0 Å². The first-order valence-corrected chi connectivity index (χ1v) is 10.2. The highest BCUT2D eigenvalue weighted by molar-refractivity contribution is 7.25. The fourth-order valence-electron chi connectivity index (χ4n) is 4.11. The summed E-state index contributed by atoms with van der Waals surface area (Å²) in [6.07, 6.45) is 2.28. The second-order valence-corrected chi connectivity index (χ2v) is 8.39. The largest absolute Gasteiger partial charge is 0.419 e.